The summed E-state index contributed by atoms with van der Waals surface area (Å²) in [5.74, 6) is 0.225. The molecule has 1 aromatic rings. The van der Waals surface area contributed by atoms with Crippen molar-refractivity contribution in [3.05, 3.63) is 35.9 Å². The highest BCUT2D eigenvalue weighted by Crippen LogP contribution is 2.52. The Morgan fingerprint density at radius 2 is 1.94 bits per heavy atom. The fourth-order valence-electron chi connectivity index (χ4n) is 2.63. The van der Waals surface area contributed by atoms with E-state index < -0.39 is 0 Å². The Morgan fingerprint density at radius 1 is 1.31 bits per heavy atom. The van der Waals surface area contributed by atoms with Gasteiger partial charge in [0.15, 0.2) is 0 Å². The number of benzene rings is 1. The van der Waals surface area contributed by atoms with E-state index in [1.165, 1.54) is 5.56 Å². The maximum absolute atomic E-state index is 10.5. The molecule has 0 heterocycles. The number of aliphatic hydroxyl groups is 1. The quantitative estimate of drug-likeness (QED) is 0.796. The Bertz CT molecular complexity index is 328. The van der Waals surface area contributed by atoms with Gasteiger partial charge in [0.1, 0.15) is 0 Å². The first-order valence-corrected chi connectivity index (χ1v) is 6.18. The summed E-state index contributed by atoms with van der Waals surface area (Å²) >= 11 is 0. The zero-order chi connectivity index (χ0) is 11.6. The van der Waals surface area contributed by atoms with Gasteiger partial charge in [-0.15, -0.1) is 0 Å². The SMILES string of the molecule is CCC(CN)C(O)C1(c2ccccc2)CC1. The van der Waals surface area contributed by atoms with Crippen LogP contribution in [0.25, 0.3) is 0 Å². The molecule has 1 aliphatic carbocycles. The van der Waals surface area contributed by atoms with Gasteiger partial charge in [0, 0.05) is 5.41 Å². The van der Waals surface area contributed by atoms with Gasteiger partial charge in [-0.2, -0.15) is 0 Å². The molecule has 1 saturated carbocycles. The van der Waals surface area contributed by atoms with E-state index in [1.54, 1.807) is 0 Å². The lowest BCUT2D eigenvalue weighted by atomic mass is 9.82. The molecular formula is C14H21NO. The largest absolute Gasteiger partial charge is 0.392 e. The molecule has 1 aromatic carbocycles. The normalized spacial score (nSPS) is 21.4. The molecular weight excluding hydrogens is 198 g/mol. The van der Waals surface area contributed by atoms with Gasteiger partial charge in [-0.3, -0.25) is 0 Å². The molecule has 1 aliphatic rings. The Balaban J connectivity index is 2.20. The maximum atomic E-state index is 10.5. The van der Waals surface area contributed by atoms with E-state index in [2.05, 4.69) is 19.1 Å². The van der Waals surface area contributed by atoms with E-state index in [9.17, 15) is 5.11 Å². The number of aliphatic hydroxyl groups excluding tert-OH is 1. The first kappa shape index (κ1) is 11.6. The average Bonchev–Trinajstić information content (AvgIpc) is 3.13. The van der Waals surface area contributed by atoms with Gasteiger partial charge in [0.2, 0.25) is 0 Å². The van der Waals surface area contributed by atoms with Gasteiger partial charge in [-0.25, -0.2) is 0 Å². The molecule has 2 atom stereocenters. The Morgan fingerprint density at radius 3 is 2.38 bits per heavy atom. The smallest absolute Gasteiger partial charge is 0.0676 e. The van der Waals surface area contributed by atoms with Crippen LogP contribution in [-0.2, 0) is 5.41 Å². The lowest BCUT2D eigenvalue weighted by Gasteiger charge is -2.29. The molecule has 2 rings (SSSR count). The van der Waals surface area contributed by atoms with Gasteiger partial charge in [0.25, 0.3) is 0 Å². The number of rotatable bonds is 5. The predicted molar refractivity (Wildman–Crippen MR) is 66.2 cm³/mol. The summed E-state index contributed by atoms with van der Waals surface area (Å²) in [6, 6.07) is 10.4. The molecule has 2 unspecified atom stereocenters. The summed E-state index contributed by atoms with van der Waals surface area (Å²) < 4.78 is 0. The number of hydrogen-bond acceptors (Lipinski definition) is 2. The van der Waals surface area contributed by atoms with E-state index in [4.69, 9.17) is 5.73 Å². The highest BCUT2D eigenvalue weighted by atomic mass is 16.3. The van der Waals surface area contributed by atoms with Gasteiger partial charge in [-0.1, -0.05) is 37.3 Å². The molecule has 0 radical (unpaired) electrons. The first-order valence-electron chi connectivity index (χ1n) is 6.18. The van der Waals surface area contributed by atoms with Crippen LogP contribution in [0, 0.1) is 5.92 Å². The summed E-state index contributed by atoms with van der Waals surface area (Å²) in [6.45, 7) is 2.67. The van der Waals surface area contributed by atoms with Crippen LogP contribution >= 0.6 is 0 Å². The van der Waals surface area contributed by atoms with E-state index in [1.807, 2.05) is 18.2 Å². The fraction of sp³-hybridized carbons (Fsp3) is 0.571. The average molecular weight is 219 g/mol. The topological polar surface area (TPSA) is 46.2 Å². The van der Waals surface area contributed by atoms with Crippen LogP contribution in [0.15, 0.2) is 30.3 Å². The minimum absolute atomic E-state index is 0.00130. The van der Waals surface area contributed by atoms with Crippen molar-refractivity contribution in [1.82, 2.24) is 0 Å². The molecule has 0 amide bonds. The minimum Gasteiger partial charge on any atom is -0.392 e. The van der Waals surface area contributed by atoms with Gasteiger partial charge in [0.05, 0.1) is 6.10 Å². The van der Waals surface area contributed by atoms with Gasteiger partial charge in [-0.05, 0) is 37.3 Å². The van der Waals surface area contributed by atoms with Crippen LogP contribution in [0.1, 0.15) is 31.7 Å². The third-order valence-corrected chi connectivity index (χ3v) is 3.98. The Labute approximate surface area is 97.5 Å². The van der Waals surface area contributed by atoms with Crippen molar-refractivity contribution in [2.75, 3.05) is 6.54 Å². The zero-order valence-electron chi connectivity index (χ0n) is 9.89. The summed E-state index contributed by atoms with van der Waals surface area (Å²) in [6.07, 6.45) is 2.85. The van der Waals surface area contributed by atoms with Crippen molar-refractivity contribution in [2.24, 2.45) is 11.7 Å². The molecule has 1 fully saturated rings. The van der Waals surface area contributed by atoms with Gasteiger partial charge >= 0.3 is 0 Å². The van der Waals surface area contributed by atoms with E-state index in [0.29, 0.717) is 6.54 Å². The van der Waals surface area contributed by atoms with Crippen LogP contribution in [0.3, 0.4) is 0 Å². The van der Waals surface area contributed by atoms with Crippen molar-refractivity contribution in [3.8, 4) is 0 Å². The van der Waals surface area contributed by atoms with Crippen molar-refractivity contribution in [3.63, 3.8) is 0 Å². The number of hydrogen-bond donors (Lipinski definition) is 2. The summed E-state index contributed by atoms with van der Waals surface area (Å²) in [5.41, 5.74) is 7.00. The Kier molecular flexibility index (Phi) is 3.31. The van der Waals surface area contributed by atoms with Crippen molar-refractivity contribution >= 4 is 0 Å². The van der Waals surface area contributed by atoms with Crippen LogP contribution < -0.4 is 5.73 Å². The Hall–Kier alpha value is -0.860. The molecule has 0 aromatic heterocycles. The molecule has 3 N–H and O–H groups in total. The summed E-state index contributed by atoms with van der Waals surface area (Å²) in [4.78, 5) is 0. The lowest BCUT2D eigenvalue weighted by molar-refractivity contribution is 0.0712. The van der Waals surface area contributed by atoms with Crippen molar-refractivity contribution in [2.45, 2.75) is 37.7 Å². The van der Waals surface area contributed by atoms with Crippen LogP contribution in [0.5, 0.6) is 0 Å². The van der Waals surface area contributed by atoms with Crippen molar-refractivity contribution < 1.29 is 5.11 Å². The lowest BCUT2D eigenvalue weighted by Crippen LogP contribution is -2.37. The second-order valence-corrected chi connectivity index (χ2v) is 4.87. The third-order valence-electron chi connectivity index (χ3n) is 3.98. The summed E-state index contributed by atoms with van der Waals surface area (Å²) in [7, 11) is 0. The van der Waals surface area contributed by atoms with Crippen LogP contribution in [0.4, 0.5) is 0 Å². The van der Waals surface area contributed by atoms with Crippen LogP contribution in [-0.4, -0.2) is 17.8 Å². The summed E-state index contributed by atoms with van der Waals surface area (Å²) in [5, 5.41) is 10.5. The molecule has 2 heteroatoms. The van der Waals surface area contributed by atoms with E-state index >= 15 is 0 Å². The zero-order valence-corrected chi connectivity index (χ0v) is 9.89. The molecule has 16 heavy (non-hydrogen) atoms. The molecule has 2 nitrogen and oxygen atoms in total. The number of nitrogens with two attached hydrogens (primary N) is 1. The second-order valence-electron chi connectivity index (χ2n) is 4.87. The molecule has 0 aliphatic heterocycles. The minimum atomic E-state index is -0.287. The first-order chi connectivity index (χ1) is 7.74. The molecule has 88 valence electrons. The standard InChI is InChI=1S/C14H21NO/c1-2-11(10-15)13(16)14(8-9-14)12-6-4-3-5-7-12/h3-7,11,13,16H,2,8-10,15H2,1H3. The van der Waals surface area contributed by atoms with Gasteiger partial charge < -0.3 is 10.8 Å². The molecule has 0 bridgehead atoms. The fourth-order valence-corrected chi connectivity index (χ4v) is 2.63. The van der Waals surface area contributed by atoms with E-state index in [-0.39, 0.29) is 17.4 Å². The third kappa shape index (κ3) is 1.87. The molecule has 0 saturated heterocycles. The monoisotopic (exact) mass is 219 g/mol. The highest BCUT2D eigenvalue weighted by Gasteiger charge is 2.51. The molecule has 0 spiro atoms. The second kappa shape index (κ2) is 4.56. The van der Waals surface area contributed by atoms with E-state index in [0.717, 1.165) is 19.3 Å². The predicted octanol–water partition coefficient (Wildman–Crippen LogP) is 2.06. The van der Waals surface area contributed by atoms with Crippen LogP contribution in [0.2, 0.25) is 0 Å². The van der Waals surface area contributed by atoms with Crippen molar-refractivity contribution in [1.29, 1.82) is 0 Å². The highest BCUT2D eigenvalue weighted by molar-refractivity contribution is 5.33. The maximum Gasteiger partial charge on any atom is 0.0676 e.